The predicted molar refractivity (Wildman–Crippen MR) is 140 cm³/mol. The molecule has 2 aromatic carbocycles. The van der Waals surface area contributed by atoms with Gasteiger partial charge in [0.25, 0.3) is 0 Å². The zero-order valence-electron chi connectivity index (χ0n) is 19.1. The van der Waals surface area contributed by atoms with E-state index in [0.29, 0.717) is 23.9 Å². The maximum atomic E-state index is 13.1. The second kappa shape index (κ2) is 10.1. The van der Waals surface area contributed by atoms with E-state index in [-0.39, 0.29) is 36.2 Å². The summed E-state index contributed by atoms with van der Waals surface area (Å²) in [5.41, 5.74) is 2.49. The molecule has 0 aromatic heterocycles. The molecule has 7 heteroatoms. The average molecular weight is 571 g/mol. The lowest BCUT2D eigenvalue weighted by molar-refractivity contribution is -0.127. The number of nitrogens with zero attached hydrogens (tertiary/aromatic N) is 1. The molecule has 1 saturated heterocycles. The van der Waals surface area contributed by atoms with Crippen LogP contribution in [0.1, 0.15) is 50.5 Å². The first-order valence-electron chi connectivity index (χ1n) is 12.2. The minimum absolute atomic E-state index is 0.0149. The van der Waals surface area contributed by atoms with Gasteiger partial charge in [0.2, 0.25) is 17.7 Å². The Hall–Kier alpha value is -2.42. The fourth-order valence-corrected chi connectivity index (χ4v) is 6.69. The third kappa shape index (κ3) is 4.85. The van der Waals surface area contributed by atoms with Gasteiger partial charge in [0.15, 0.2) is 0 Å². The summed E-state index contributed by atoms with van der Waals surface area (Å²) < 4.78 is 1.07. The monoisotopic (exact) mass is 571 g/mol. The van der Waals surface area contributed by atoms with Crippen LogP contribution >= 0.6 is 22.6 Å². The van der Waals surface area contributed by atoms with Crippen molar-refractivity contribution in [1.82, 2.24) is 5.32 Å². The van der Waals surface area contributed by atoms with Gasteiger partial charge in [-0.05, 0) is 89.6 Å². The number of halogens is 1. The molecule has 2 saturated carbocycles. The quantitative estimate of drug-likeness (QED) is 0.414. The summed E-state index contributed by atoms with van der Waals surface area (Å²) in [6, 6.07) is 15.3. The van der Waals surface area contributed by atoms with Crippen molar-refractivity contribution in [3.8, 4) is 0 Å². The van der Waals surface area contributed by atoms with Crippen molar-refractivity contribution in [3.63, 3.8) is 0 Å². The third-order valence-electron chi connectivity index (χ3n) is 7.65. The van der Waals surface area contributed by atoms with Gasteiger partial charge in [0.1, 0.15) is 6.42 Å². The zero-order chi connectivity index (χ0) is 23.7. The van der Waals surface area contributed by atoms with E-state index < -0.39 is 0 Å². The Balaban J connectivity index is 1.33. The zero-order valence-corrected chi connectivity index (χ0v) is 21.3. The van der Waals surface area contributed by atoms with Gasteiger partial charge in [-0.1, -0.05) is 37.5 Å². The van der Waals surface area contributed by atoms with E-state index in [1.54, 1.807) is 0 Å². The van der Waals surface area contributed by atoms with Crippen LogP contribution in [0.15, 0.2) is 48.5 Å². The summed E-state index contributed by atoms with van der Waals surface area (Å²) in [4.78, 5) is 40.1. The number of carbonyl (C=O) groups is 3. The normalized spacial score (nSPS) is 26.7. The molecule has 6 nitrogen and oxygen atoms in total. The van der Waals surface area contributed by atoms with Crippen LogP contribution < -0.4 is 15.5 Å². The largest absolute Gasteiger partial charge is 0.351 e. The van der Waals surface area contributed by atoms with Crippen LogP contribution in [0.2, 0.25) is 0 Å². The molecule has 1 heterocycles. The smallest absolute Gasteiger partial charge is 0.236 e. The van der Waals surface area contributed by atoms with E-state index in [0.717, 1.165) is 34.1 Å². The van der Waals surface area contributed by atoms with Crippen molar-refractivity contribution in [3.05, 3.63) is 57.7 Å². The molecule has 34 heavy (non-hydrogen) atoms. The Morgan fingerprint density at radius 3 is 2.56 bits per heavy atom. The van der Waals surface area contributed by atoms with Gasteiger partial charge in [-0.3, -0.25) is 14.4 Å². The Kier molecular flexibility index (Phi) is 6.90. The minimum Gasteiger partial charge on any atom is -0.351 e. The van der Waals surface area contributed by atoms with Crippen molar-refractivity contribution in [2.75, 3.05) is 10.2 Å². The van der Waals surface area contributed by atoms with Crippen LogP contribution in [-0.2, 0) is 20.8 Å². The predicted octanol–water partition coefficient (Wildman–Crippen LogP) is 4.66. The highest BCUT2D eigenvalue weighted by molar-refractivity contribution is 14.1. The summed E-state index contributed by atoms with van der Waals surface area (Å²) in [5.74, 6) is 0.718. The fraction of sp³-hybridized carbons (Fsp3) is 0.444. The minimum atomic E-state index is -0.159. The SMILES string of the molecule is O=C(Cc1ccccc1I)Nc1ccc(N2C(=O)CC(=O)NC3C4CCCCC4CCC32)cc1. The second-order valence-electron chi connectivity index (χ2n) is 9.75. The highest BCUT2D eigenvalue weighted by atomic mass is 127. The van der Waals surface area contributed by atoms with Crippen molar-refractivity contribution >= 4 is 51.7 Å². The number of nitrogens with one attached hydrogen (secondary N) is 2. The Morgan fingerprint density at radius 2 is 1.76 bits per heavy atom. The molecule has 3 fully saturated rings. The number of fused-ring (bicyclic) bond motifs is 3. The number of amides is 3. The summed E-state index contributed by atoms with van der Waals surface area (Å²) in [7, 11) is 0. The van der Waals surface area contributed by atoms with E-state index in [1.807, 2.05) is 53.4 Å². The molecule has 3 amide bonds. The lowest BCUT2D eigenvalue weighted by Crippen LogP contribution is -2.58. The molecule has 0 bridgehead atoms. The maximum absolute atomic E-state index is 13.1. The van der Waals surface area contributed by atoms with Gasteiger partial charge in [-0.2, -0.15) is 0 Å². The van der Waals surface area contributed by atoms with Crippen LogP contribution in [0.5, 0.6) is 0 Å². The number of benzene rings is 2. The third-order valence-corrected chi connectivity index (χ3v) is 8.71. The molecule has 0 radical (unpaired) electrons. The Bertz CT molecular complexity index is 1090. The van der Waals surface area contributed by atoms with Crippen molar-refractivity contribution in [2.24, 2.45) is 11.8 Å². The number of rotatable bonds is 4. The summed E-state index contributed by atoms with van der Waals surface area (Å²) in [6.45, 7) is 0. The van der Waals surface area contributed by atoms with Crippen LogP contribution in [0.4, 0.5) is 11.4 Å². The number of anilines is 2. The number of carbonyl (C=O) groups excluding carboxylic acids is 3. The van der Waals surface area contributed by atoms with E-state index in [9.17, 15) is 14.4 Å². The van der Waals surface area contributed by atoms with Crippen molar-refractivity contribution < 1.29 is 14.4 Å². The highest BCUT2D eigenvalue weighted by Crippen LogP contribution is 2.43. The van der Waals surface area contributed by atoms with Gasteiger partial charge < -0.3 is 15.5 Å². The number of hydrogen-bond donors (Lipinski definition) is 2. The molecule has 178 valence electrons. The van der Waals surface area contributed by atoms with Crippen LogP contribution in [0, 0.1) is 15.4 Å². The first-order valence-corrected chi connectivity index (χ1v) is 13.3. The molecule has 3 aliphatic rings. The molecule has 5 rings (SSSR count). The van der Waals surface area contributed by atoms with Gasteiger partial charge in [0.05, 0.1) is 18.5 Å². The molecule has 4 atom stereocenters. The van der Waals surface area contributed by atoms with E-state index in [4.69, 9.17) is 0 Å². The summed E-state index contributed by atoms with van der Waals surface area (Å²) in [6.07, 6.45) is 7.04. The average Bonchev–Trinajstić information content (AvgIpc) is 2.95. The first-order chi connectivity index (χ1) is 16.5. The lowest BCUT2D eigenvalue weighted by Gasteiger charge is -2.48. The first kappa shape index (κ1) is 23.3. The fourth-order valence-electron chi connectivity index (χ4n) is 6.12. The van der Waals surface area contributed by atoms with Crippen molar-refractivity contribution in [1.29, 1.82) is 0 Å². The van der Waals surface area contributed by atoms with Gasteiger partial charge in [-0.25, -0.2) is 0 Å². The van der Waals surface area contributed by atoms with Gasteiger partial charge in [0, 0.05) is 14.9 Å². The molecule has 0 spiro atoms. The van der Waals surface area contributed by atoms with Gasteiger partial charge in [-0.15, -0.1) is 0 Å². The molecule has 2 N–H and O–H groups in total. The topological polar surface area (TPSA) is 78.5 Å². The molecule has 2 aromatic rings. The standard InChI is InChI=1S/C27H30IN3O3/c28-22-8-4-2-6-18(22)15-24(32)29-19-10-12-20(13-11-19)31-23-14-9-17-5-1-3-7-21(17)27(23)30-25(33)16-26(31)34/h2,4,6,8,10-13,17,21,23,27H,1,3,5,7,9,14-16H2,(H,29,32)(H,30,33). The Morgan fingerprint density at radius 1 is 1.00 bits per heavy atom. The summed E-state index contributed by atoms with van der Waals surface area (Å²) >= 11 is 2.24. The number of hydrogen-bond acceptors (Lipinski definition) is 3. The maximum Gasteiger partial charge on any atom is 0.236 e. The van der Waals surface area contributed by atoms with Crippen LogP contribution in [0.25, 0.3) is 0 Å². The molecule has 1 aliphatic heterocycles. The van der Waals surface area contributed by atoms with Crippen LogP contribution in [0.3, 0.4) is 0 Å². The molecular formula is C27H30IN3O3. The summed E-state index contributed by atoms with van der Waals surface area (Å²) in [5, 5.41) is 6.18. The lowest BCUT2D eigenvalue weighted by atomic mass is 9.66. The highest BCUT2D eigenvalue weighted by Gasteiger charge is 2.46. The Labute approximate surface area is 214 Å². The van der Waals surface area contributed by atoms with Gasteiger partial charge >= 0.3 is 0 Å². The molecular weight excluding hydrogens is 541 g/mol. The molecule has 4 unspecified atom stereocenters. The van der Waals surface area contributed by atoms with E-state index >= 15 is 0 Å². The van der Waals surface area contributed by atoms with Crippen LogP contribution in [-0.4, -0.2) is 29.8 Å². The molecule has 2 aliphatic carbocycles. The van der Waals surface area contributed by atoms with E-state index in [1.165, 1.54) is 19.3 Å². The van der Waals surface area contributed by atoms with Crippen molar-refractivity contribution in [2.45, 2.75) is 63.5 Å². The second-order valence-corrected chi connectivity index (χ2v) is 10.9. The van der Waals surface area contributed by atoms with E-state index in [2.05, 4.69) is 33.2 Å².